The highest BCUT2D eigenvalue weighted by molar-refractivity contribution is 5.99. The minimum Gasteiger partial charge on any atom is -0.461 e. The van der Waals surface area contributed by atoms with Crippen molar-refractivity contribution >= 4 is 22.5 Å². The summed E-state index contributed by atoms with van der Waals surface area (Å²) in [5.41, 5.74) is 1.17. The van der Waals surface area contributed by atoms with Crippen molar-refractivity contribution in [1.82, 2.24) is 0 Å². The largest absolute Gasteiger partial charge is 0.461 e. The lowest BCUT2D eigenvalue weighted by molar-refractivity contribution is -0.225. The van der Waals surface area contributed by atoms with E-state index in [1.165, 1.54) is 0 Å². The number of Topliss-reactive ketones (excluding diaryl/α,β-unsaturated/α-hetero) is 1. The number of rotatable bonds is 3. The monoisotopic (exact) mass is 394 g/mol. The molecule has 2 aromatic rings. The molecule has 0 saturated carbocycles. The Bertz CT molecular complexity index is 1020. The quantitative estimate of drug-likeness (QED) is 0.789. The molecule has 2 aliphatic rings. The van der Waals surface area contributed by atoms with Crippen molar-refractivity contribution in [2.45, 2.75) is 51.7 Å². The lowest BCUT2D eigenvalue weighted by atomic mass is 9.70. The molecule has 5 heteroatoms. The Morgan fingerprint density at radius 1 is 1.17 bits per heavy atom. The normalized spacial score (nSPS) is 26.1. The van der Waals surface area contributed by atoms with Gasteiger partial charge in [-0.3, -0.25) is 4.79 Å². The van der Waals surface area contributed by atoms with Gasteiger partial charge in [0.2, 0.25) is 0 Å². The molecule has 0 saturated heterocycles. The summed E-state index contributed by atoms with van der Waals surface area (Å²) in [7, 11) is 0. The molecular formula is C24H26O5. The molecule has 0 amide bonds. The summed E-state index contributed by atoms with van der Waals surface area (Å²) in [5, 5.41) is 13.2. The number of ketones is 1. The van der Waals surface area contributed by atoms with Crippen LogP contribution < -0.4 is 0 Å². The van der Waals surface area contributed by atoms with Crippen LogP contribution >= 0.6 is 0 Å². The first-order chi connectivity index (χ1) is 13.7. The Kier molecular flexibility index (Phi) is 4.74. The summed E-state index contributed by atoms with van der Waals surface area (Å²) in [6.45, 7) is 5.80. The summed E-state index contributed by atoms with van der Waals surface area (Å²) in [6.07, 6.45) is 0.853. The molecular weight excluding hydrogens is 368 g/mol. The number of carbonyl (C=O) groups excluding carboxylic acids is 2. The van der Waals surface area contributed by atoms with Gasteiger partial charge in [-0.25, -0.2) is 4.79 Å². The second-order valence-corrected chi connectivity index (χ2v) is 8.75. The zero-order valence-corrected chi connectivity index (χ0v) is 17.0. The van der Waals surface area contributed by atoms with E-state index >= 15 is 0 Å². The number of fused-ring (bicyclic) bond motifs is 1. The highest BCUT2D eigenvalue weighted by Crippen LogP contribution is 2.49. The zero-order chi connectivity index (χ0) is 20.8. The third kappa shape index (κ3) is 3.55. The molecule has 29 heavy (non-hydrogen) atoms. The van der Waals surface area contributed by atoms with E-state index in [1.54, 1.807) is 6.92 Å². The fraction of sp³-hybridized carbons (Fsp3) is 0.417. The van der Waals surface area contributed by atoms with Crippen LogP contribution in [0.2, 0.25) is 0 Å². The molecule has 1 heterocycles. The van der Waals surface area contributed by atoms with Gasteiger partial charge in [-0.1, -0.05) is 56.3 Å². The number of hydrogen-bond donors (Lipinski definition) is 1. The molecule has 0 radical (unpaired) electrons. The Morgan fingerprint density at radius 2 is 1.90 bits per heavy atom. The van der Waals surface area contributed by atoms with Gasteiger partial charge in [0.05, 0.1) is 6.61 Å². The molecule has 0 fully saturated rings. The van der Waals surface area contributed by atoms with Gasteiger partial charge >= 0.3 is 11.8 Å². The minimum absolute atomic E-state index is 0.0142. The maximum atomic E-state index is 13.1. The van der Waals surface area contributed by atoms with E-state index in [9.17, 15) is 14.7 Å². The summed E-state index contributed by atoms with van der Waals surface area (Å²) < 4.78 is 10.9. The van der Waals surface area contributed by atoms with E-state index in [2.05, 4.69) is 0 Å². The number of hydrogen-bond acceptors (Lipinski definition) is 5. The molecule has 1 aliphatic carbocycles. The van der Waals surface area contributed by atoms with Crippen molar-refractivity contribution in [3.05, 3.63) is 59.4 Å². The third-order valence-electron chi connectivity index (χ3n) is 5.77. The standard InChI is InChI=1S/C24H26O5/c1-4-28-22(26)24(27)12-18(17-10-9-15-7-5-6-8-16(15)11-17)21-19(25)13-23(2,3)14-20(21)29-24/h5-11,18,27H,4,12-14H2,1-3H3. The first-order valence-electron chi connectivity index (χ1n) is 10.1. The Morgan fingerprint density at radius 3 is 2.62 bits per heavy atom. The molecule has 2 atom stereocenters. The summed E-state index contributed by atoms with van der Waals surface area (Å²) in [4.78, 5) is 25.6. The predicted molar refractivity (Wildman–Crippen MR) is 109 cm³/mol. The van der Waals surface area contributed by atoms with Crippen LogP contribution in [0.25, 0.3) is 10.8 Å². The van der Waals surface area contributed by atoms with Crippen LogP contribution in [0.3, 0.4) is 0 Å². The Labute approximate surface area is 170 Å². The van der Waals surface area contributed by atoms with E-state index in [-0.39, 0.29) is 24.2 Å². The number of esters is 1. The molecule has 0 bridgehead atoms. The van der Waals surface area contributed by atoms with Gasteiger partial charge in [-0.05, 0) is 28.7 Å². The summed E-state index contributed by atoms with van der Waals surface area (Å²) in [6, 6.07) is 14.0. The van der Waals surface area contributed by atoms with Crippen LogP contribution in [0.1, 0.15) is 51.5 Å². The second kappa shape index (κ2) is 6.99. The van der Waals surface area contributed by atoms with Crippen LogP contribution in [0.15, 0.2) is 53.8 Å². The maximum absolute atomic E-state index is 13.1. The third-order valence-corrected chi connectivity index (χ3v) is 5.77. The average Bonchev–Trinajstić information content (AvgIpc) is 2.65. The van der Waals surface area contributed by atoms with E-state index in [0.717, 1.165) is 16.3 Å². The maximum Gasteiger partial charge on any atom is 0.379 e. The van der Waals surface area contributed by atoms with Gasteiger partial charge in [0, 0.05) is 30.8 Å². The Balaban J connectivity index is 1.84. The molecule has 1 aliphatic heterocycles. The average molecular weight is 394 g/mol. The second-order valence-electron chi connectivity index (χ2n) is 8.75. The number of aliphatic hydroxyl groups is 1. The summed E-state index contributed by atoms with van der Waals surface area (Å²) in [5.74, 6) is -2.92. The molecule has 0 spiro atoms. The first kappa shape index (κ1) is 19.6. The van der Waals surface area contributed by atoms with E-state index in [1.807, 2.05) is 56.3 Å². The lowest BCUT2D eigenvalue weighted by Gasteiger charge is -2.43. The number of benzene rings is 2. The predicted octanol–water partition coefficient (Wildman–Crippen LogP) is 4.24. The Hall–Kier alpha value is -2.66. The van der Waals surface area contributed by atoms with Crippen molar-refractivity contribution < 1.29 is 24.2 Å². The van der Waals surface area contributed by atoms with Gasteiger partial charge in [-0.15, -0.1) is 0 Å². The van der Waals surface area contributed by atoms with Crippen molar-refractivity contribution in [2.75, 3.05) is 6.61 Å². The molecule has 2 unspecified atom stereocenters. The number of allylic oxidation sites excluding steroid dienone is 2. The lowest BCUT2D eigenvalue weighted by Crippen LogP contribution is -2.49. The van der Waals surface area contributed by atoms with Crippen molar-refractivity contribution in [3.63, 3.8) is 0 Å². The molecule has 4 rings (SSSR count). The van der Waals surface area contributed by atoms with Crippen molar-refractivity contribution in [1.29, 1.82) is 0 Å². The number of carbonyl (C=O) groups is 2. The molecule has 1 N–H and O–H groups in total. The summed E-state index contributed by atoms with van der Waals surface area (Å²) >= 11 is 0. The fourth-order valence-corrected chi connectivity index (χ4v) is 4.46. The van der Waals surface area contributed by atoms with E-state index < -0.39 is 17.7 Å². The van der Waals surface area contributed by atoms with Crippen LogP contribution in [0.4, 0.5) is 0 Å². The van der Waals surface area contributed by atoms with Crippen LogP contribution in [-0.4, -0.2) is 29.3 Å². The minimum atomic E-state index is -2.10. The highest BCUT2D eigenvalue weighted by Gasteiger charge is 2.52. The SMILES string of the molecule is CCOC(=O)C1(O)CC(c2ccc3ccccc3c2)C2=C(CC(C)(C)CC2=O)O1. The molecule has 0 aromatic heterocycles. The van der Waals surface area contributed by atoms with Gasteiger partial charge < -0.3 is 14.6 Å². The van der Waals surface area contributed by atoms with Crippen LogP contribution in [0.5, 0.6) is 0 Å². The van der Waals surface area contributed by atoms with Crippen molar-refractivity contribution in [2.24, 2.45) is 5.41 Å². The molecule has 2 aromatic carbocycles. The van der Waals surface area contributed by atoms with E-state index in [4.69, 9.17) is 9.47 Å². The van der Waals surface area contributed by atoms with Gasteiger partial charge in [0.25, 0.3) is 0 Å². The van der Waals surface area contributed by atoms with Crippen LogP contribution in [0, 0.1) is 5.41 Å². The topological polar surface area (TPSA) is 72.8 Å². The fourth-order valence-electron chi connectivity index (χ4n) is 4.46. The van der Waals surface area contributed by atoms with Gasteiger partial charge in [-0.2, -0.15) is 0 Å². The van der Waals surface area contributed by atoms with Gasteiger partial charge in [0.15, 0.2) is 5.78 Å². The highest BCUT2D eigenvalue weighted by atomic mass is 16.7. The zero-order valence-electron chi connectivity index (χ0n) is 17.0. The van der Waals surface area contributed by atoms with Crippen LogP contribution in [-0.2, 0) is 19.1 Å². The molecule has 5 nitrogen and oxygen atoms in total. The molecule has 152 valence electrons. The van der Waals surface area contributed by atoms with Gasteiger partial charge in [0.1, 0.15) is 5.76 Å². The smallest absolute Gasteiger partial charge is 0.379 e. The number of ether oxygens (including phenoxy) is 2. The van der Waals surface area contributed by atoms with E-state index in [0.29, 0.717) is 24.2 Å². The van der Waals surface area contributed by atoms with Crippen molar-refractivity contribution in [3.8, 4) is 0 Å². The first-order valence-corrected chi connectivity index (χ1v) is 10.1.